The van der Waals surface area contributed by atoms with Gasteiger partial charge in [-0.15, -0.1) is 11.3 Å². The standard InChI is InChI=1S/C18H23N5O6S/c1-11-13(16(25)27-3)8-12(29-11)9-22(2)17(26)21-20-15(24)14-10-30-18(19-14)23-4-6-28-7-5-23/h8,10H,4-7,9H2,1-3H3,(H,20,24)(H,21,26). The molecule has 0 atom stereocenters. The predicted molar refractivity (Wildman–Crippen MR) is 107 cm³/mol. The van der Waals surface area contributed by atoms with Crippen LogP contribution in [0, 0.1) is 6.92 Å². The molecule has 3 amide bonds. The summed E-state index contributed by atoms with van der Waals surface area (Å²) in [6, 6.07) is 0.965. The molecule has 2 N–H and O–H groups in total. The van der Waals surface area contributed by atoms with Gasteiger partial charge in [0.1, 0.15) is 22.8 Å². The number of esters is 1. The lowest BCUT2D eigenvalue weighted by molar-refractivity contribution is 0.0598. The molecule has 1 fully saturated rings. The van der Waals surface area contributed by atoms with Crippen LogP contribution in [0.3, 0.4) is 0 Å². The fraction of sp³-hybridized carbons (Fsp3) is 0.444. The maximum Gasteiger partial charge on any atom is 0.341 e. The van der Waals surface area contributed by atoms with Crippen molar-refractivity contribution in [2.45, 2.75) is 13.5 Å². The van der Waals surface area contributed by atoms with Crippen LogP contribution in [0.25, 0.3) is 0 Å². The van der Waals surface area contributed by atoms with Crippen molar-refractivity contribution < 1.29 is 28.3 Å². The average Bonchev–Trinajstić information content (AvgIpc) is 3.39. The Morgan fingerprint density at radius 1 is 1.30 bits per heavy atom. The van der Waals surface area contributed by atoms with E-state index in [1.54, 1.807) is 12.3 Å². The molecular formula is C18H23N5O6S. The molecule has 3 rings (SSSR count). The van der Waals surface area contributed by atoms with E-state index in [1.165, 1.54) is 36.5 Å². The quantitative estimate of drug-likeness (QED) is 0.527. The van der Waals surface area contributed by atoms with Crippen molar-refractivity contribution in [3.63, 3.8) is 0 Å². The number of morpholine rings is 1. The molecule has 0 saturated carbocycles. The lowest BCUT2D eigenvalue weighted by Gasteiger charge is -2.25. The maximum atomic E-state index is 12.3. The fourth-order valence-electron chi connectivity index (χ4n) is 2.78. The number of aryl methyl sites for hydroxylation is 1. The van der Waals surface area contributed by atoms with E-state index in [9.17, 15) is 14.4 Å². The van der Waals surface area contributed by atoms with Gasteiger partial charge in [0.25, 0.3) is 5.91 Å². The van der Waals surface area contributed by atoms with E-state index in [4.69, 9.17) is 9.15 Å². The van der Waals surface area contributed by atoms with E-state index in [0.29, 0.717) is 30.3 Å². The van der Waals surface area contributed by atoms with Gasteiger partial charge in [-0.05, 0) is 13.0 Å². The van der Waals surface area contributed by atoms with Crippen molar-refractivity contribution in [2.75, 3.05) is 45.4 Å². The van der Waals surface area contributed by atoms with Crippen LogP contribution in [0.5, 0.6) is 0 Å². The molecule has 0 radical (unpaired) electrons. The smallest absolute Gasteiger partial charge is 0.341 e. The van der Waals surface area contributed by atoms with Gasteiger partial charge in [-0.1, -0.05) is 0 Å². The molecule has 12 heteroatoms. The van der Waals surface area contributed by atoms with Gasteiger partial charge in [0.2, 0.25) is 0 Å². The molecule has 0 bridgehead atoms. The zero-order chi connectivity index (χ0) is 21.7. The second-order valence-corrected chi connectivity index (χ2v) is 7.37. The maximum absolute atomic E-state index is 12.3. The summed E-state index contributed by atoms with van der Waals surface area (Å²) >= 11 is 1.36. The van der Waals surface area contributed by atoms with E-state index in [-0.39, 0.29) is 12.2 Å². The number of nitrogens with zero attached hydrogens (tertiary/aromatic N) is 3. The number of amides is 3. The largest absolute Gasteiger partial charge is 0.465 e. The monoisotopic (exact) mass is 437 g/mol. The van der Waals surface area contributed by atoms with Gasteiger partial charge < -0.3 is 23.7 Å². The lowest BCUT2D eigenvalue weighted by atomic mass is 10.2. The molecule has 30 heavy (non-hydrogen) atoms. The number of methoxy groups -OCH3 is 1. The van der Waals surface area contributed by atoms with E-state index >= 15 is 0 Å². The van der Waals surface area contributed by atoms with Gasteiger partial charge in [0.15, 0.2) is 5.13 Å². The number of hydrogen-bond donors (Lipinski definition) is 2. The number of carbonyl (C=O) groups is 3. The molecule has 0 aliphatic carbocycles. The van der Waals surface area contributed by atoms with Gasteiger partial charge in [0.05, 0.1) is 26.9 Å². The Labute approximate surface area is 176 Å². The Kier molecular flexibility index (Phi) is 6.90. The molecule has 2 aromatic rings. The molecule has 162 valence electrons. The molecule has 0 unspecified atom stereocenters. The fourth-order valence-corrected chi connectivity index (χ4v) is 3.64. The number of urea groups is 1. The minimum Gasteiger partial charge on any atom is -0.465 e. The third-order valence-corrected chi connectivity index (χ3v) is 5.30. The summed E-state index contributed by atoms with van der Waals surface area (Å²) in [6.45, 7) is 4.42. The Hall–Kier alpha value is -3.12. The summed E-state index contributed by atoms with van der Waals surface area (Å²) < 4.78 is 15.5. The van der Waals surface area contributed by atoms with E-state index in [2.05, 4.69) is 20.6 Å². The second-order valence-electron chi connectivity index (χ2n) is 6.53. The number of hydrazine groups is 1. The molecule has 11 nitrogen and oxygen atoms in total. The zero-order valence-corrected chi connectivity index (χ0v) is 17.7. The van der Waals surface area contributed by atoms with Crippen LogP contribution in [0.4, 0.5) is 9.93 Å². The number of ether oxygens (including phenoxy) is 2. The Morgan fingerprint density at radius 3 is 2.73 bits per heavy atom. The van der Waals surface area contributed by atoms with Crippen LogP contribution in [0.2, 0.25) is 0 Å². The molecule has 2 aromatic heterocycles. The highest BCUT2D eigenvalue weighted by Crippen LogP contribution is 2.21. The molecule has 0 spiro atoms. The molecular weight excluding hydrogens is 414 g/mol. The topological polar surface area (TPSA) is 126 Å². The molecule has 0 aromatic carbocycles. The van der Waals surface area contributed by atoms with Crippen LogP contribution >= 0.6 is 11.3 Å². The Bertz CT molecular complexity index is 920. The van der Waals surface area contributed by atoms with Gasteiger partial charge in [-0.3, -0.25) is 10.2 Å². The van der Waals surface area contributed by atoms with Gasteiger partial charge in [0, 0.05) is 25.5 Å². The first-order valence-corrected chi connectivity index (χ1v) is 10.0. The zero-order valence-electron chi connectivity index (χ0n) is 16.9. The first kappa shape index (κ1) is 21.6. The van der Waals surface area contributed by atoms with Crippen molar-refractivity contribution >= 4 is 34.4 Å². The number of rotatable bonds is 5. The Balaban J connectivity index is 1.50. The second kappa shape index (κ2) is 9.59. The molecule has 1 aliphatic rings. The van der Waals surface area contributed by atoms with Crippen molar-refractivity contribution in [3.8, 4) is 0 Å². The highest BCUT2D eigenvalue weighted by atomic mass is 32.1. The van der Waals surface area contributed by atoms with Crippen molar-refractivity contribution in [2.24, 2.45) is 0 Å². The average molecular weight is 437 g/mol. The highest BCUT2D eigenvalue weighted by molar-refractivity contribution is 7.13. The van der Waals surface area contributed by atoms with Gasteiger partial charge in [-0.2, -0.15) is 0 Å². The number of thiazole rings is 1. The number of nitrogens with one attached hydrogen (secondary N) is 2. The first-order valence-electron chi connectivity index (χ1n) is 9.16. The van der Waals surface area contributed by atoms with Gasteiger partial charge >= 0.3 is 12.0 Å². The normalized spacial score (nSPS) is 13.6. The van der Waals surface area contributed by atoms with Crippen molar-refractivity contribution in [3.05, 3.63) is 34.2 Å². The third kappa shape index (κ3) is 5.07. The van der Waals surface area contributed by atoms with Crippen LogP contribution < -0.4 is 15.8 Å². The first-order chi connectivity index (χ1) is 14.4. The van der Waals surface area contributed by atoms with E-state index < -0.39 is 17.9 Å². The Morgan fingerprint density at radius 2 is 2.03 bits per heavy atom. The predicted octanol–water partition coefficient (Wildman–Crippen LogP) is 1.15. The van der Waals surface area contributed by atoms with E-state index in [0.717, 1.165) is 18.2 Å². The minimum absolute atomic E-state index is 0.0947. The molecule has 3 heterocycles. The molecule has 1 aliphatic heterocycles. The highest BCUT2D eigenvalue weighted by Gasteiger charge is 2.20. The van der Waals surface area contributed by atoms with E-state index in [1.807, 2.05) is 4.90 Å². The van der Waals surface area contributed by atoms with Crippen molar-refractivity contribution in [1.82, 2.24) is 20.7 Å². The summed E-state index contributed by atoms with van der Waals surface area (Å²) in [5.41, 5.74) is 5.19. The third-order valence-electron chi connectivity index (χ3n) is 4.40. The summed E-state index contributed by atoms with van der Waals surface area (Å²) in [4.78, 5) is 43.8. The van der Waals surface area contributed by atoms with Crippen LogP contribution in [-0.4, -0.2) is 68.3 Å². The number of hydrogen-bond acceptors (Lipinski definition) is 9. The lowest BCUT2D eigenvalue weighted by Crippen LogP contribution is -2.47. The number of aromatic nitrogens is 1. The van der Waals surface area contributed by atoms with Crippen LogP contribution in [0.1, 0.15) is 32.4 Å². The number of furan rings is 1. The number of carbonyl (C=O) groups excluding carboxylic acids is 3. The summed E-state index contributed by atoms with van der Waals surface area (Å²) in [5.74, 6) is -0.221. The number of anilines is 1. The molecule has 1 saturated heterocycles. The van der Waals surface area contributed by atoms with Crippen molar-refractivity contribution in [1.29, 1.82) is 0 Å². The SMILES string of the molecule is COC(=O)c1cc(CN(C)C(=O)NNC(=O)c2csc(N3CCOCC3)n2)oc1C. The summed E-state index contributed by atoms with van der Waals surface area (Å²) in [7, 11) is 2.81. The summed E-state index contributed by atoms with van der Waals surface area (Å²) in [6.07, 6.45) is 0. The minimum atomic E-state index is -0.555. The summed E-state index contributed by atoms with van der Waals surface area (Å²) in [5, 5.41) is 2.37. The van der Waals surface area contributed by atoms with Gasteiger partial charge in [-0.25, -0.2) is 20.0 Å². The van der Waals surface area contributed by atoms with Crippen LogP contribution in [0.15, 0.2) is 15.9 Å². The van der Waals surface area contributed by atoms with Crippen LogP contribution in [-0.2, 0) is 16.0 Å².